The van der Waals surface area contributed by atoms with Crippen molar-refractivity contribution in [1.29, 1.82) is 0 Å². The molecule has 0 radical (unpaired) electrons. The second-order valence-corrected chi connectivity index (χ2v) is 4.59. The van der Waals surface area contributed by atoms with Gasteiger partial charge in [-0.1, -0.05) is 15.9 Å². The molecule has 70 valence electrons. The molecule has 0 spiro atoms. The average molecular weight is 233 g/mol. The molecule has 0 atom stereocenters. The van der Waals surface area contributed by atoms with Crippen molar-refractivity contribution in [2.75, 3.05) is 38.1 Å². The van der Waals surface area contributed by atoms with E-state index in [0.29, 0.717) is 0 Å². The lowest BCUT2D eigenvalue weighted by atomic mass is 10.3. The Morgan fingerprint density at radius 1 is 1.08 bits per heavy atom. The van der Waals surface area contributed by atoms with Crippen LogP contribution in [0.1, 0.15) is 12.8 Å². The van der Waals surface area contributed by atoms with Crippen molar-refractivity contribution in [3.63, 3.8) is 0 Å². The van der Waals surface area contributed by atoms with Crippen LogP contribution in [-0.2, 0) is 0 Å². The highest BCUT2D eigenvalue weighted by Crippen LogP contribution is 2.27. The number of hydrogen-bond donors (Lipinski definition) is 0. The van der Waals surface area contributed by atoms with Crippen molar-refractivity contribution in [1.82, 2.24) is 9.80 Å². The van der Waals surface area contributed by atoms with E-state index in [1.54, 1.807) is 0 Å². The first-order chi connectivity index (χ1) is 5.90. The Hall–Kier alpha value is 0.400. The molecule has 2 aliphatic rings. The Morgan fingerprint density at radius 2 is 1.75 bits per heavy atom. The van der Waals surface area contributed by atoms with Crippen LogP contribution in [-0.4, -0.2) is 53.9 Å². The van der Waals surface area contributed by atoms with Gasteiger partial charge in [-0.3, -0.25) is 9.80 Å². The Balaban J connectivity index is 1.69. The zero-order valence-corrected chi connectivity index (χ0v) is 9.09. The number of alkyl halides is 1. The van der Waals surface area contributed by atoms with Gasteiger partial charge in [0, 0.05) is 44.1 Å². The molecule has 12 heavy (non-hydrogen) atoms. The van der Waals surface area contributed by atoms with Gasteiger partial charge in [0.1, 0.15) is 0 Å². The van der Waals surface area contributed by atoms with Gasteiger partial charge in [0.25, 0.3) is 0 Å². The topological polar surface area (TPSA) is 6.48 Å². The van der Waals surface area contributed by atoms with Crippen molar-refractivity contribution in [3.05, 3.63) is 0 Å². The number of hydrogen-bond acceptors (Lipinski definition) is 2. The largest absolute Gasteiger partial charge is 0.300 e. The Bertz CT molecular complexity index is 139. The minimum absolute atomic E-state index is 0.969. The molecule has 0 amide bonds. The molecule has 0 unspecified atom stereocenters. The van der Waals surface area contributed by atoms with E-state index in [9.17, 15) is 0 Å². The predicted octanol–water partition coefficient (Wildman–Crippen LogP) is 1.16. The van der Waals surface area contributed by atoms with Gasteiger partial charge in [-0.25, -0.2) is 0 Å². The molecule has 0 aromatic heterocycles. The molecule has 0 aromatic carbocycles. The molecule has 1 saturated heterocycles. The Labute approximate surface area is 83.0 Å². The van der Waals surface area contributed by atoms with Crippen LogP contribution in [0.5, 0.6) is 0 Å². The third-order valence-corrected chi connectivity index (χ3v) is 3.23. The molecule has 1 heterocycles. The maximum atomic E-state index is 3.49. The van der Waals surface area contributed by atoms with Gasteiger partial charge in [0.15, 0.2) is 0 Å². The van der Waals surface area contributed by atoms with E-state index in [4.69, 9.17) is 0 Å². The third kappa shape index (κ3) is 2.21. The van der Waals surface area contributed by atoms with Crippen LogP contribution in [0.3, 0.4) is 0 Å². The van der Waals surface area contributed by atoms with Gasteiger partial charge in [0.2, 0.25) is 0 Å². The molecule has 1 aliphatic carbocycles. The molecule has 0 bridgehead atoms. The molecule has 1 saturated carbocycles. The van der Waals surface area contributed by atoms with Gasteiger partial charge in [-0.2, -0.15) is 0 Å². The summed E-state index contributed by atoms with van der Waals surface area (Å²) < 4.78 is 0. The average Bonchev–Trinajstić information content (AvgIpc) is 2.89. The first-order valence-electron chi connectivity index (χ1n) is 4.92. The van der Waals surface area contributed by atoms with Gasteiger partial charge >= 0.3 is 0 Å². The van der Waals surface area contributed by atoms with Crippen LogP contribution in [0.25, 0.3) is 0 Å². The van der Waals surface area contributed by atoms with E-state index in [0.717, 1.165) is 11.4 Å². The fourth-order valence-corrected chi connectivity index (χ4v) is 2.41. The summed E-state index contributed by atoms with van der Waals surface area (Å²) in [6.07, 6.45) is 2.91. The molecular formula is C9H17BrN2. The zero-order valence-electron chi connectivity index (χ0n) is 7.51. The second-order valence-electron chi connectivity index (χ2n) is 3.80. The van der Waals surface area contributed by atoms with Crippen LogP contribution in [0.15, 0.2) is 0 Å². The molecule has 1 aliphatic heterocycles. The molecule has 0 N–H and O–H groups in total. The minimum Gasteiger partial charge on any atom is -0.300 e. The lowest BCUT2D eigenvalue weighted by molar-refractivity contribution is 0.132. The highest BCUT2D eigenvalue weighted by molar-refractivity contribution is 9.09. The fourth-order valence-electron chi connectivity index (χ4n) is 1.91. The van der Waals surface area contributed by atoms with Crippen molar-refractivity contribution >= 4 is 15.9 Å². The predicted molar refractivity (Wildman–Crippen MR) is 54.8 cm³/mol. The number of rotatable bonds is 3. The highest BCUT2D eigenvalue weighted by Gasteiger charge is 2.30. The Morgan fingerprint density at radius 3 is 2.25 bits per heavy atom. The second kappa shape index (κ2) is 4.07. The van der Waals surface area contributed by atoms with Crippen molar-refractivity contribution in [2.45, 2.75) is 18.9 Å². The zero-order chi connectivity index (χ0) is 8.39. The summed E-state index contributed by atoms with van der Waals surface area (Å²) in [5.41, 5.74) is 0. The van der Waals surface area contributed by atoms with Crippen molar-refractivity contribution < 1.29 is 0 Å². The summed E-state index contributed by atoms with van der Waals surface area (Å²) in [5.74, 6) is 0. The standard InChI is InChI=1S/C9H17BrN2/c10-3-4-11-5-7-12(8-6-11)9-1-2-9/h9H,1-8H2. The van der Waals surface area contributed by atoms with Crippen LogP contribution in [0.2, 0.25) is 0 Å². The molecular weight excluding hydrogens is 216 g/mol. The summed E-state index contributed by atoms with van der Waals surface area (Å²) in [7, 11) is 0. The SMILES string of the molecule is BrCCN1CCN(C2CC2)CC1. The number of piperazine rings is 1. The lowest BCUT2D eigenvalue weighted by Gasteiger charge is -2.34. The van der Waals surface area contributed by atoms with Gasteiger partial charge < -0.3 is 0 Å². The first kappa shape index (κ1) is 8.97. The fraction of sp³-hybridized carbons (Fsp3) is 1.00. The summed E-state index contributed by atoms with van der Waals surface area (Å²) in [6.45, 7) is 6.39. The van der Waals surface area contributed by atoms with Gasteiger partial charge in [-0.05, 0) is 12.8 Å². The normalized spacial score (nSPS) is 27.8. The summed E-state index contributed by atoms with van der Waals surface area (Å²) >= 11 is 3.49. The molecule has 0 aromatic rings. The maximum Gasteiger partial charge on any atom is 0.0159 e. The van der Waals surface area contributed by atoms with Crippen molar-refractivity contribution in [3.8, 4) is 0 Å². The lowest BCUT2D eigenvalue weighted by Crippen LogP contribution is -2.47. The molecule has 2 fully saturated rings. The van der Waals surface area contributed by atoms with Crippen LogP contribution < -0.4 is 0 Å². The smallest absolute Gasteiger partial charge is 0.0159 e. The summed E-state index contributed by atoms with van der Waals surface area (Å²) in [5, 5.41) is 1.12. The third-order valence-electron chi connectivity index (χ3n) is 2.87. The Kier molecular flexibility index (Phi) is 3.05. The molecule has 3 heteroatoms. The van der Waals surface area contributed by atoms with Crippen LogP contribution in [0, 0.1) is 0 Å². The molecule has 2 rings (SSSR count). The molecule has 2 nitrogen and oxygen atoms in total. The van der Waals surface area contributed by atoms with E-state index < -0.39 is 0 Å². The monoisotopic (exact) mass is 232 g/mol. The van der Waals surface area contributed by atoms with Gasteiger partial charge in [0.05, 0.1) is 0 Å². The van der Waals surface area contributed by atoms with E-state index in [1.807, 2.05) is 0 Å². The number of nitrogens with zero attached hydrogens (tertiary/aromatic N) is 2. The van der Waals surface area contributed by atoms with Gasteiger partial charge in [-0.15, -0.1) is 0 Å². The van der Waals surface area contributed by atoms with E-state index in [-0.39, 0.29) is 0 Å². The number of halogens is 1. The maximum absolute atomic E-state index is 3.49. The van der Waals surface area contributed by atoms with E-state index in [2.05, 4.69) is 25.7 Å². The first-order valence-corrected chi connectivity index (χ1v) is 6.04. The van der Waals surface area contributed by atoms with Crippen LogP contribution in [0.4, 0.5) is 0 Å². The quantitative estimate of drug-likeness (QED) is 0.675. The minimum atomic E-state index is 0.969. The van der Waals surface area contributed by atoms with Crippen molar-refractivity contribution in [2.24, 2.45) is 0 Å². The van der Waals surface area contributed by atoms with Crippen LogP contribution >= 0.6 is 15.9 Å². The highest BCUT2D eigenvalue weighted by atomic mass is 79.9. The summed E-state index contributed by atoms with van der Waals surface area (Å²) in [6, 6.07) is 0.969. The summed E-state index contributed by atoms with van der Waals surface area (Å²) in [4.78, 5) is 5.21. The van der Waals surface area contributed by atoms with E-state index >= 15 is 0 Å². The van der Waals surface area contributed by atoms with E-state index in [1.165, 1.54) is 45.6 Å².